The lowest BCUT2D eigenvalue weighted by molar-refractivity contribution is 0.102. The number of rotatable bonds is 6. The van der Waals surface area contributed by atoms with Crippen LogP contribution in [0.4, 0.5) is 10.8 Å². The lowest BCUT2D eigenvalue weighted by atomic mass is 10.1. The van der Waals surface area contributed by atoms with Crippen molar-refractivity contribution in [2.45, 2.75) is 13.3 Å². The summed E-state index contributed by atoms with van der Waals surface area (Å²) in [6.07, 6.45) is 0.840. The minimum atomic E-state index is -0.183. The number of hydrogen-bond acceptors (Lipinski definition) is 6. The van der Waals surface area contributed by atoms with Crippen LogP contribution < -0.4 is 10.2 Å². The summed E-state index contributed by atoms with van der Waals surface area (Å²) < 4.78 is 0.761. The predicted octanol–water partition coefficient (Wildman–Crippen LogP) is 4.23. The van der Waals surface area contributed by atoms with Crippen LogP contribution in [-0.2, 0) is 6.42 Å². The van der Waals surface area contributed by atoms with E-state index >= 15 is 0 Å². The number of carbonyl (C=O) groups excluding carboxylic acids is 1. The van der Waals surface area contributed by atoms with Crippen LogP contribution in [0.1, 0.15) is 20.9 Å². The Morgan fingerprint density at radius 2 is 1.80 bits per heavy atom. The summed E-state index contributed by atoms with van der Waals surface area (Å²) in [6, 6.07) is 15.9. The van der Waals surface area contributed by atoms with Gasteiger partial charge < -0.3 is 4.90 Å². The molecule has 1 aliphatic rings. The Balaban J connectivity index is 1.26. The van der Waals surface area contributed by atoms with Crippen LogP contribution in [0.3, 0.4) is 0 Å². The van der Waals surface area contributed by atoms with Crippen molar-refractivity contribution in [1.82, 2.24) is 15.1 Å². The van der Waals surface area contributed by atoms with Gasteiger partial charge in [0.05, 0.1) is 5.56 Å². The fourth-order valence-corrected chi connectivity index (χ4v) is 4.79. The quantitative estimate of drug-likeness (QED) is 0.565. The zero-order valence-electron chi connectivity index (χ0n) is 16.8. The van der Waals surface area contributed by atoms with Gasteiger partial charge in [-0.05, 0) is 46.6 Å². The second kappa shape index (κ2) is 9.68. The topological polar surface area (TPSA) is 61.4 Å². The van der Waals surface area contributed by atoms with E-state index in [9.17, 15) is 4.79 Å². The molecule has 1 aliphatic heterocycles. The number of nitrogens with zero attached hydrogens (tertiary/aromatic N) is 4. The Kier molecular flexibility index (Phi) is 6.76. The third-order valence-corrected chi connectivity index (χ3v) is 6.87. The fourth-order valence-electron chi connectivity index (χ4n) is 3.60. The van der Waals surface area contributed by atoms with E-state index in [0.717, 1.165) is 48.6 Å². The maximum atomic E-state index is 12.4. The van der Waals surface area contributed by atoms with Crippen molar-refractivity contribution in [1.29, 1.82) is 0 Å². The summed E-state index contributed by atoms with van der Waals surface area (Å²) >= 11 is 4.85. The molecule has 1 fully saturated rings. The highest BCUT2D eigenvalue weighted by Gasteiger charge is 2.19. The first kappa shape index (κ1) is 21.0. The largest absolute Gasteiger partial charge is 0.369 e. The summed E-state index contributed by atoms with van der Waals surface area (Å²) in [4.78, 5) is 17.3. The minimum absolute atomic E-state index is 0.183. The van der Waals surface area contributed by atoms with Crippen LogP contribution in [0.15, 0.2) is 53.0 Å². The Morgan fingerprint density at radius 3 is 2.57 bits per heavy atom. The van der Waals surface area contributed by atoms with E-state index in [0.29, 0.717) is 10.7 Å². The van der Waals surface area contributed by atoms with Crippen molar-refractivity contribution in [2.24, 2.45) is 0 Å². The molecule has 0 bridgehead atoms. The van der Waals surface area contributed by atoms with Crippen molar-refractivity contribution >= 4 is 44.0 Å². The Morgan fingerprint density at radius 1 is 1.07 bits per heavy atom. The molecule has 0 saturated carbocycles. The molecule has 1 N–H and O–H groups in total. The Bertz CT molecular complexity index is 1020. The van der Waals surface area contributed by atoms with Crippen LogP contribution >= 0.6 is 27.3 Å². The number of aromatic nitrogens is 2. The Hall–Kier alpha value is -2.29. The molecule has 6 nitrogen and oxygen atoms in total. The number of para-hydroxylation sites is 1. The van der Waals surface area contributed by atoms with Crippen LogP contribution in [0.2, 0.25) is 0 Å². The van der Waals surface area contributed by atoms with Gasteiger partial charge in [-0.25, -0.2) is 0 Å². The van der Waals surface area contributed by atoms with Crippen molar-refractivity contribution in [2.75, 3.05) is 42.9 Å². The zero-order valence-corrected chi connectivity index (χ0v) is 19.2. The maximum Gasteiger partial charge on any atom is 0.258 e. The standard InChI is InChI=1S/C22H24BrN5OS/c1-16-6-2-5-9-19(16)28-14-12-27(13-15-28)11-10-20-25-26-22(30-20)24-21(29)17-7-3-4-8-18(17)23/h2-9H,10-15H2,1H3,(H,24,26,29). The number of aryl methyl sites for hydroxylation is 1. The highest BCUT2D eigenvalue weighted by molar-refractivity contribution is 9.10. The molecule has 3 aromatic rings. The first-order chi connectivity index (χ1) is 14.6. The summed E-state index contributed by atoms with van der Waals surface area (Å²) in [7, 11) is 0. The molecule has 1 saturated heterocycles. The molecule has 30 heavy (non-hydrogen) atoms. The molecular formula is C22H24BrN5OS. The van der Waals surface area contributed by atoms with Crippen LogP contribution in [0.25, 0.3) is 0 Å². The third-order valence-electron chi connectivity index (χ3n) is 5.28. The summed E-state index contributed by atoms with van der Waals surface area (Å²) in [5.41, 5.74) is 3.25. The van der Waals surface area contributed by atoms with Crippen LogP contribution in [0.5, 0.6) is 0 Å². The number of amides is 1. The SMILES string of the molecule is Cc1ccccc1N1CCN(CCc2nnc(NC(=O)c3ccccc3Br)s2)CC1. The van der Waals surface area contributed by atoms with E-state index < -0.39 is 0 Å². The summed E-state index contributed by atoms with van der Waals surface area (Å²) in [6.45, 7) is 7.28. The number of nitrogens with one attached hydrogen (secondary N) is 1. The van der Waals surface area contributed by atoms with Crippen molar-refractivity contribution in [3.05, 3.63) is 69.1 Å². The van der Waals surface area contributed by atoms with Gasteiger partial charge in [-0.2, -0.15) is 0 Å². The van der Waals surface area contributed by atoms with Crippen molar-refractivity contribution < 1.29 is 4.79 Å². The molecule has 0 radical (unpaired) electrons. The average Bonchev–Trinajstić information content (AvgIpc) is 3.20. The van der Waals surface area contributed by atoms with E-state index in [1.807, 2.05) is 18.2 Å². The maximum absolute atomic E-state index is 12.4. The molecule has 2 heterocycles. The molecule has 1 aromatic heterocycles. The van der Waals surface area contributed by atoms with Crippen molar-refractivity contribution in [3.8, 4) is 0 Å². The smallest absolute Gasteiger partial charge is 0.258 e. The fraction of sp³-hybridized carbons (Fsp3) is 0.318. The molecule has 0 spiro atoms. The summed E-state index contributed by atoms with van der Waals surface area (Å²) in [5.74, 6) is -0.183. The van der Waals surface area contributed by atoms with Gasteiger partial charge in [0.1, 0.15) is 5.01 Å². The van der Waals surface area contributed by atoms with Gasteiger partial charge in [0.15, 0.2) is 0 Å². The second-order valence-electron chi connectivity index (χ2n) is 7.30. The second-order valence-corrected chi connectivity index (χ2v) is 9.22. The number of carbonyl (C=O) groups is 1. The van der Waals surface area contributed by atoms with Crippen molar-refractivity contribution in [3.63, 3.8) is 0 Å². The summed E-state index contributed by atoms with van der Waals surface area (Å²) in [5, 5.41) is 12.7. The van der Waals surface area contributed by atoms with Gasteiger partial charge in [0, 0.05) is 49.3 Å². The van der Waals surface area contributed by atoms with Gasteiger partial charge in [0.25, 0.3) is 5.91 Å². The first-order valence-electron chi connectivity index (χ1n) is 10.0. The van der Waals surface area contributed by atoms with Gasteiger partial charge >= 0.3 is 0 Å². The monoisotopic (exact) mass is 485 g/mol. The van der Waals surface area contributed by atoms with E-state index in [-0.39, 0.29) is 5.91 Å². The molecule has 0 atom stereocenters. The number of piperazine rings is 1. The molecule has 4 rings (SSSR count). The lowest BCUT2D eigenvalue weighted by Crippen LogP contribution is -2.47. The van der Waals surface area contributed by atoms with Crippen LogP contribution in [0, 0.1) is 6.92 Å². The third kappa shape index (κ3) is 5.06. The van der Waals surface area contributed by atoms with E-state index in [4.69, 9.17) is 0 Å². The number of benzene rings is 2. The van der Waals surface area contributed by atoms with E-state index in [1.54, 1.807) is 6.07 Å². The van der Waals surface area contributed by atoms with Gasteiger partial charge in [-0.3, -0.25) is 15.0 Å². The average molecular weight is 486 g/mol. The number of anilines is 2. The van der Waals surface area contributed by atoms with Crippen LogP contribution in [-0.4, -0.2) is 53.7 Å². The van der Waals surface area contributed by atoms with E-state index in [2.05, 4.69) is 72.4 Å². The molecule has 0 aliphatic carbocycles. The highest BCUT2D eigenvalue weighted by atomic mass is 79.9. The molecule has 0 unspecified atom stereocenters. The normalized spacial score (nSPS) is 14.7. The van der Waals surface area contributed by atoms with E-state index in [1.165, 1.54) is 22.6 Å². The Labute approximate surface area is 189 Å². The molecular weight excluding hydrogens is 462 g/mol. The predicted molar refractivity (Wildman–Crippen MR) is 126 cm³/mol. The van der Waals surface area contributed by atoms with Gasteiger partial charge in [0.2, 0.25) is 5.13 Å². The first-order valence-corrected chi connectivity index (χ1v) is 11.6. The number of hydrogen-bond donors (Lipinski definition) is 1. The zero-order chi connectivity index (χ0) is 20.9. The van der Waals surface area contributed by atoms with Gasteiger partial charge in [-0.1, -0.05) is 41.7 Å². The number of halogens is 1. The molecule has 156 valence electrons. The molecule has 8 heteroatoms. The molecule has 1 amide bonds. The minimum Gasteiger partial charge on any atom is -0.369 e. The highest BCUT2D eigenvalue weighted by Crippen LogP contribution is 2.22. The lowest BCUT2D eigenvalue weighted by Gasteiger charge is -2.36. The van der Waals surface area contributed by atoms with Gasteiger partial charge in [-0.15, -0.1) is 10.2 Å². The molecule has 2 aromatic carbocycles.